The Morgan fingerprint density at radius 1 is 1.17 bits per heavy atom. The van der Waals surface area contributed by atoms with Crippen LogP contribution in [0.15, 0.2) is 42.7 Å². The highest BCUT2D eigenvalue weighted by Gasteiger charge is 2.24. The molecule has 0 aliphatic carbocycles. The molecular weight excluding hydrogens is 388 g/mol. The molecule has 2 aromatic heterocycles. The molecule has 0 bridgehead atoms. The third-order valence-corrected chi connectivity index (χ3v) is 4.53. The fraction of sp³-hybridized carbons (Fsp3) is 0.143. The molecule has 9 heteroatoms. The van der Waals surface area contributed by atoms with E-state index in [-0.39, 0.29) is 11.4 Å². The molecule has 0 radical (unpaired) electrons. The van der Waals surface area contributed by atoms with Gasteiger partial charge in [0.1, 0.15) is 24.4 Å². The monoisotopic (exact) mass is 406 g/mol. The Bertz CT molecular complexity index is 1290. The highest BCUT2D eigenvalue weighted by molar-refractivity contribution is 6.09. The Morgan fingerprint density at radius 3 is 2.60 bits per heavy atom. The Balaban J connectivity index is 1.90. The van der Waals surface area contributed by atoms with Crippen LogP contribution < -0.4 is 10.1 Å². The second-order valence-corrected chi connectivity index (χ2v) is 6.87. The van der Waals surface area contributed by atoms with Crippen molar-refractivity contribution in [3.05, 3.63) is 59.5 Å². The van der Waals surface area contributed by atoms with Crippen molar-refractivity contribution < 1.29 is 24.5 Å². The number of carboxylic acid groups (broad SMARTS) is 1. The van der Waals surface area contributed by atoms with Crippen LogP contribution in [0.2, 0.25) is 0 Å². The number of pyridine rings is 1. The Morgan fingerprint density at radius 2 is 1.90 bits per heavy atom. The first-order valence-corrected chi connectivity index (χ1v) is 9.08. The summed E-state index contributed by atoms with van der Waals surface area (Å²) < 4.78 is 7.26. The number of benzene rings is 2. The lowest BCUT2D eigenvalue weighted by Crippen LogP contribution is -2.31. The summed E-state index contributed by atoms with van der Waals surface area (Å²) in [5.74, 6) is -1.28. The minimum Gasteiger partial charge on any atom is -0.505 e. The summed E-state index contributed by atoms with van der Waals surface area (Å²) in [6, 6.07) is 10.9. The lowest BCUT2D eigenvalue weighted by molar-refractivity contribution is -0.135. The first-order valence-electron chi connectivity index (χ1n) is 9.08. The van der Waals surface area contributed by atoms with Crippen LogP contribution in [0.4, 0.5) is 0 Å². The third-order valence-electron chi connectivity index (χ3n) is 4.53. The maximum Gasteiger partial charge on any atom is 0.322 e. The predicted molar refractivity (Wildman–Crippen MR) is 108 cm³/mol. The van der Waals surface area contributed by atoms with E-state index in [4.69, 9.17) is 9.84 Å². The molecule has 4 aromatic rings. The van der Waals surface area contributed by atoms with E-state index in [0.717, 1.165) is 11.1 Å². The second kappa shape index (κ2) is 7.36. The average Bonchev–Trinajstić information content (AvgIpc) is 3.15. The third kappa shape index (κ3) is 3.37. The Hall–Kier alpha value is -4.14. The molecular formula is C21H18N4O5. The number of carbonyl (C=O) groups is 2. The molecule has 1 amide bonds. The number of carboxylic acids is 1. The molecule has 0 fully saturated rings. The van der Waals surface area contributed by atoms with Gasteiger partial charge in [-0.3, -0.25) is 9.59 Å². The Labute approximate surface area is 170 Å². The van der Waals surface area contributed by atoms with Crippen molar-refractivity contribution in [2.45, 2.75) is 13.8 Å². The zero-order valence-electron chi connectivity index (χ0n) is 16.2. The minimum absolute atomic E-state index is 0.209. The fourth-order valence-electron chi connectivity index (χ4n) is 3.41. The number of carbonyl (C=O) groups excluding carboxylic acids is 1. The van der Waals surface area contributed by atoms with Gasteiger partial charge in [0.2, 0.25) is 0 Å². The van der Waals surface area contributed by atoms with Crippen molar-refractivity contribution in [1.29, 1.82) is 0 Å². The molecule has 2 heterocycles. The number of nitrogens with zero attached hydrogens (tertiary/aromatic N) is 3. The van der Waals surface area contributed by atoms with Crippen LogP contribution in [0.25, 0.3) is 16.4 Å². The standard InChI is InChI=1S/C21H18N4O5/c1-11-6-12(2)8-13(7-11)30-15-5-3-4-14-17(15)20-23-10-24-25(20)18(19(14)28)21(29)22-9-16(26)27/h3-8,10,28H,9H2,1-2H3,(H,22,29)(H,26,27). The molecule has 0 aliphatic heterocycles. The smallest absolute Gasteiger partial charge is 0.322 e. The van der Waals surface area contributed by atoms with Gasteiger partial charge < -0.3 is 20.3 Å². The highest BCUT2D eigenvalue weighted by Crippen LogP contribution is 2.38. The van der Waals surface area contributed by atoms with Crippen molar-refractivity contribution >= 4 is 28.3 Å². The fourth-order valence-corrected chi connectivity index (χ4v) is 3.41. The number of amides is 1. The van der Waals surface area contributed by atoms with E-state index < -0.39 is 18.4 Å². The maximum absolute atomic E-state index is 12.5. The van der Waals surface area contributed by atoms with E-state index in [1.54, 1.807) is 18.2 Å². The summed E-state index contributed by atoms with van der Waals surface area (Å²) in [6.45, 7) is 3.34. The molecule has 0 saturated heterocycles. The topological polar surface area (TPSA) is 126 Å². The van der Waals surface area contributed by atoms with Gasteiger partial charge in [-0.2, -0.15) is 5.10 Å². The minimum atomic E-state index is -1.21. The van der Waals surface area contributed by atoms with E-state index in [9.17, 15) is 14.7 Å². The van der Waals surface area contributed by atoms with E-state index in [1.165, 1.54) is 10.8 Å². The highest BCUT2D eigenvalue weighted by atomic mass is 16.5. The van der Waals surface area contributed by atoms with Gasteiger partial charge in [0.15, 0.2) is 17.1 Å². The number of nitrogens with one attached hydrogen (secondary N) is 1. The molecule has 4 rings (SSSR count). The van der Waals surface area contributed by atoms with Crippen molar-refractivity contribution in [3.63, 3.8) is 0 Å². The lowest BCUT2D eigenvalue weighted by atomic mass is 10.1. The van der Waals surface area contributed by atoms with Gasteiger partial charge in [-0.05, 0) is 43.2 Å². The normalized spacial score (nSPS) is 11.0. The molecule has 0 unspecified atom stereocenters. The van der Waals surface area contributed by atoms with Crippen LogP contribution >= 0.6 is 0 Å². The number of hydrogen-bond donors (Lipinski definition) is 3. The SMILES string of the molecule is Cc1cc(C)cc(Oc2cccc3c(O)c(C(=O)NCC(=O)O)n4ncnc4c23)c1. The maximum atomic E-state index is 12.5. The van der Waals surface area contributed by atoms with Crippen molar-refractivity contribution in [2.24, 2.45) is 0 Å². The number of fused-ring (bicyclic) bond motifs is 3. The molecule has 0 atom stereocenters. The molecule has 0 aliphatic rings. The number of hydrogen-bond acceptors (Lipinski definition) is 6. The first kappa shape index (κ1) is 19.2. The van der Waals surface area contributed by atoms with Crippen LogP contribution in [-0.4, -0.2) is 43.2 Å². The summed E-state index contributed by atoms with van der Waals surface area (Å²) >= 11 is 0. The largest absolute Gasteiger partial charge is 0.505 e. The van der Waals surface area contributed by atoms with Crippen molar-refractivity contribution in [3.8, 4) is 17.2 Å². The molecule has 30 heavy (non-hydrogen) atoms. The van der Waals surface area contributed by atoms with Gasteiger partial charge in [0.05, 0.1) is 5.39 Å². The first-order chi connectivity index (χ1) is 14.3. The van der Waals surface area contributed by atoms with E-state index in [2.05, 4.69) is 15.4 Å². The number of aryl methyl sites for hydroxylation is 2. The number of rotatable bonds is 5. The molecule has 9 nitrogen and oxygen atoms in total. The number of ether oxygens (including phenoxy) is 1. The van der Waals surface area contributed by atoms with Gasteiger partial charge in [-0.25, -0.2) is 9.50 Å². The number of aliphatic carboxylic acids is 1. The molecule has 152 valence electrons. The van der Waals surface area contributed by atoms with Crippen LogP contribution in [0.1, 0.15) is 21.6 Å². The van der Waals surface area contributed by atoms with Crippen LogP contribution in [-0.2, 0) is 4.79 Å². The van der Waals surface area contributed by atoms with Gasteiger partial charge in [0.25, 0.3) is 5.91 Å². The second-order valence-electron chi connectivity index (χ2n) is 6.87. The van der Waals surface area contributed by atoms with Gasteiger partial charge in [-0.1, -0.05) is 18.2 Å². The summed E-state index contributed by atoms with van der Waals surface area (Å²) in [5, 5.41) is 26.7. The molecule has 0 spiro atoms. The van der Waals surface area contributed by atoms with Gasteiger partial charge >= 0.3 is 5.97 Å². The lowest BCUT2D eigenvalue weighted by Gasteiger charge is -2.14. The summed E-state index contributed by atoms with van der Waals surface area (Å²) in [4.78, 5) is 27.5. The van der Waals surface area contributed by atoms with E-state index in [0.29, 0.717) is 27.9 Å². The summed E-state index contributed by atoms with van der Waals surface area (Å²) in [5.41, 5.74) is 2.17. The van der Waals surface area contributed by atoms with Crippen LogP contribution in [0.5, 0.6) is 17.2 Å². The van der Waals surface area contributed by atoms with E-state index >= 15 is 0 Å². The van der Waals surface area contributed by atoms with Gasteiger partial charge in [-0.15, -0.1) is 0 Å². The van der Waals surface area contributed by atoms with Gasteiger partial charge in [0, 0.05) is 5.39 Å². The number of aromatic nitrogens is 3. The number of aromatic hydroxyl groups is 1. The van der Waals surface area contributed by atoms with Crippen molar-refractivity contribution in [1.82, 2.24) is 19.9 Å². The zero-order valence-corrected chi connectivity index (χ0v) is 16.2. The molecule has 2 aromatic carbocycles. The molecule has 0 saturated carbocycles. The van der Waals surface area contributed by atoms with Crippen molar-refractivity contribution in [2.75, 3.05) is 6.54 Å². The summed E-state index contributed by atoms with van der Waals surface area (Å²) in [7, 11) is 0. The summed E-state index contributed by atoms with van der Waals surface area (Å²) in [6.07, 6.45) is 1.25. The Kier molecular flexibility index (Phi) is 4.71. The molecule has 3 N–H and O–H groups in total. The zero-order chi connectivity index (χ0) is 21.4. The predicted octanol–water partition coefficient (Wildman–Crippen LogP) is 2.81. The van der Waals surface area contributed by atoms with Crippen LogP contribution in [0, 0.1) is 13.8 Å². The quantitative estimate of drug-likeness (QED) is 0.465. The average molecular weight is 406 g/mol. The van der Waals surface area contributed by atoms with E-state index in [1.807, 2.05) is 32.0 Å². The van der Waals surface area contributed by atoms with Crippen LogP contribution in [0.3, 0.4) is 0 Å².